The molecule has 4 heterocycles. The topological polar surface area (TPSA) is 106 Å². The summed E-state index contributed by atoms with van der Waals surface area (Å²) in [5, 5.41) is 0. The average molecular weight is 466 g/mol. The molecule has 3 N–H and O–H groups in total. The molecule has 3 aromatic rings. The maximum absolute atomic E-state index is 13.0. The molecule has 2 saturated heterocycles. The molecule has 2 fully saturated rings. The number of benzene rings is 1. The van der Waals surface area contributed by atoms with Crippen LogP contribution in [0.1, 0.15) is 60.8 Å². The van der Waals surface area contributed by atoms with Crippen LogP contribution in [-0.4, -0.2) is 59.2 Å². The molecule has 2 aromatic heterocycles. The Balaban J connectivity index is 0.00000133. The Kier molecular flexibility index (Phi) is 7.67. The summed E-state index contributed by atoms with van der Waals surface area (Å²) in [7, 11) is 1.59. The number of rotatable bonds is 5. The van der Waals surface area contributed by atoms with Gasteiger partial charge in [-0.2, -0.15) is 0 Å². The third-order valence-corrected chi connectivity index (χ3v) is 6.69. The SMILES string of the molecule is CC.COc1ccc(C(=O)N2CCC(c3ccnc4nc(CC5CCOC5)[nH]c34)CC2)c(N)c1. The minimum absolute atomic E-state index is 0.0221. The van der Waals surface area contributed by atoms with Crippen molar-refractivity contribution in [1.82, 2.24) is 19.9 Å². The van der Waals surface area contributed by atoms with Gasteiger partial charge < -0.3 is 25.1 Å². The van der Waals surface area contributed by atoms with Gasteiger partial charge in [-0.3, -0.25) is 4.79 Å². The van der Waals surface area contributed by atoms with E-state index in [1.54, 1.807) is 25.3 Å². The number of amides is 1. The smallest absolute Gasteiger partial charge is 0.255 e. The Morgan fingerprint density at radius 3 is 2.71 bits per heavy atom. The Morgan fingerprint density at radius 2 is 2.03 bits per heavy atom. The lowest BCUT2D eigenvalue weighted by atomic mass is 9.89. The Hall–Kier alpha value is -3.13. The number of likely N-dealkylation sites (tertiary alicyclic amines) is 1. The summed E-state index contributed by atoms with van der Waals surface area (Å²) in [6.45, 7) is 7.04. The lowest BCUT2D eigenvalue weighted by Gasteiger charge is -2.32. The van der Waals surface area contributed by atoms with Crippen LogP contribution in [0, 0.1) is 5.92 Å². The van der Waals surface area contributed by atoms with Gasteiger partial charge in [-0.1, -0.05) is 13.8 Å². The first-order chi connectivity index (χ1) is 16.6. The number of hydrogen-bond donors (Lipinski definition) is 2. The van der Waals surface area contributed by atoms with Crippen molar-refractivity contribution in [2.75, 3.05) is 39.1 Å². The number of ether oxygens (including phenoxy) is 2. The van der Waals surface area contributed by atoms with Crippen molar-refractivity contribution in [2.45, 2.75) is 45.4 Å². The van der Waals surface area contributed by atoms with Gasteiger partial charge >= 0.3 is 0 Å². The molecule has 182 valence electrons. The van der Waals surface area contributed by atoms with E-state index < -0.39 is 0 Å². The van der Waals surface area contributed by atoms with Crippen molar-refractivity contribution < 1.29 is 14.3 Å². The highest BCUT2D eigenvalue weighted by Gasteiger charge is 2.27. The molecule has 0 saturated carbocycles. The van der Waals surface area contributed by atoms with E-state index in [9.17, 15) is 4.79 Å². The van der Waals surface area contributed by atoms with Crippen molar-refractivity contribution >= 4 is 22.8 Å². The number of nitrogens with two attached hydrogens (primary N) is 1. The second-order valence-electron chi connectivity index (χ2n) is 8.74. The van der Waals surface area contributed by atoms with E-state index in [1.807, 2.05) is 24.9 Å². The molecule has 0 bridgehead atoms. The quantitative estimate of drug-likeness (QED) is 0.548. The second kappa shape index (κ2) is 10.9. The molecule has 0 aliphatic carbocycles. The average Bonchev–Trinajstić information content (AvgIpc) is 3.54. The van der Waals surface area contributed by atoms with Crippen LogP contribution >= 0.6 is 0 Å². The maximum Gasteiger partial charge on any atom is 0.255 e. The third-order valence-electron chi connectivity index (χ3n) is 6.69. The summed E-state index contributed by atoms with van der Waals surface area (Å²) in [5.74, 6) is 2.50. The minimum atomic E-state index is -0.0221. The number of carbonyl (C=O) groups is 1. The number of imidazole rings is 1. The first-order valence-corrected chi connectivity index (χ1v) is 12.3. The van der Waals surface area contributed by atoms with Gasteiger partial charge in [0.25, 0.3) is 5.91 Å². The van der Waals surface area contributed by atoms with Gasteiger partial charge in [0.05, 0.1) is 18.2 Å². The number of anilines is 1. The van der Waals surface area contributed by atoms with Crippen molar-refractivity contribution in [3.63, 3.8) is 0 Å². The van der Waals surface area contributed by atoms with Crippen LogP contribution in [0.3, 0.4) is 0 Å². The predicted molar refractivity (Wildman–Crippen MR) is 133 cm³/mol. The van der Waals surface area contributed by atoms with E-state index in [0.717, 1.165) is 55.9 Å². The lowest BCUT2D eigenvalue weighted by Crippen LogP contribution is -2.38. The minimum Gasteiger partial charge on any atom is -0.497 e. The van der Waals surface area contributed by atoms with Crippen LogP contribution in [0.5, 0.6) is 5.75 Å². The number of pyridine rings is 1. The second-order valence-corrected chi connectivity index (χ2v) is 8.74. The van der Waals surface area contributed by atoms with Crippen LogP contribution in [-0.2, 0) is 11.2 Å². The molecule has 34 heavy (non-hydrogen) atoms. The highest BCUT2D eigenvalue weighted by atomic mass is 16.5. The third kappa shape index (κ3) is 5.01. The molecule has 2 aliphatic rings. The fourth-order valence-electron chi connectivity index (χ4n) is 4.86. The summed E-state index contributed by atoms with van der Waals surface area (Å²) in [4.78, 5) is 27.6. The number of carbonyl (C=O) groups excluding carboxylic acids is 1. The first-order valence-electron chi connectivity index (χ1n) is 12.3. The summed E-state index contributed by atoms with van der Waals surface area (Å²) in [5.41, 5.74) is 10.1. The zero-order chi connectivity index (χ0) is 24.1. The Bertz CT molecular complexity index is 1110. The van der Waals surface area contributed by atoms with Crippen LogP contribution in [0.2, 0.25) is 0 Å². The van der Waals surface area contributed by atoms with Gasteiger partial charge in [-0.25, -0.2) is 9.97 Å². The van der Waals surface area contributed by atoms with Crippen molar-refractivity contribution in [3.8, 4) is 5.75 Å². The maximum atomic E-state index is 13.0. The van der Waals surface area contributed by atoms with Gasteiger partial charge in [0.2, 0.25) is 0 Å². The molecule has 5 rings (SSSR count). The molecule has 1 atom stereocenters. The van der Waals surface area contributed by atoms with Crippen molar-refractivity contribution in [3.05, 3.63) is 47.4 Å². The van der Waals surface area contributed by atoms with Gasteiger partial charge in [0.15, 0.2) is 5.65 Å². The number of nitrogens with zero attached hydrogens (tertiary/aromatic N) is 3. The molecule has 8 heteroatoms. The van der Waals surface area contributed by atoms with E-state index in [2.05, 4.69) is 16.0 Å². The monoisotopic (exact) mass is 465 g/mol. The number of hydrogen-bond acceptors (Lipinski definition) is 6. The number of methoxy groups -OCH3 is 1. The molecule has 1 aromatic carbocycles. The zero-order valence-corrected chi connectivity index (χ0v) is 20.3. The fourth-order valence-corrected chi connectivity index (χ4v) is 4.86. The highest BCUT2D eigenvalue weighted by Crippen LogP contribution is 2.33. The number of aromatic amines is 1. The molecule has 2 aliphatic heterocycles. The molecule has 1 amide bonds. The van der Waals surface area contributed by atoms with E-state index in [4.69, 9.17) is 20.2 Å². The standard InChI is InChI=1S/C24H29N5O3.C2H6/c1-31-17-2-3-19(20(25)13-17)24(30)29-9-5-16(6-10-29)18-4-8-26-23-22(18)27-21(28-23)12-15-7-11-32-14-15;1-2/h2-4,8,13,15-16H,5-7,9-12,14,25H2,1H3,(H,26,27,28);1-2H3. The number of nitrogens with one attached hydrogen (secondary N) is 1. The Labute approximate surface area is 200 Å². The summed E-state index contributed by atoms with van der Waals surface area (Å²) >= 11 is 0. The fraction of sp³-hybridized carbons (Fsp3) is 0.500. The molecule has 0 spiro atoms. The summed E-state index contributed by atoms with van der Waals surface area (Å²) in [6, 6.07) is 7.31. The van der Waals surface area contributed by atoms with Gasteiger partial charge in [0, 0.05) is 50.7 Å². The van der Waals surface area contributed by atoms with Crippen molar-refractivity contribution in [2.24, 2.45) is 5.92 Å². The van der Waals surface area contributed by atoms with Gasteiger partial charge in [0.1, 0.15) is 11.6 Å². The normalized spacial score (nSPS) is 18.6. The van der Waals surface area contributed by atoms with Gasteiger partial charge in [-0.15, -0.1) is 0 Å². The van der Waals surface area contributed by atoms with Crippen LogP contribution in [0.15, 0.2) is 30.5 Å². The largest absolute Gasteiger partial charge is 0.497 e. The zero-order valence-electron chi connectivity index (χ0n) is 20.3. The lowest BCUT2D eigenvalue weighted by molar-refractivity contribution is 0.0714. The summed E-state index contributed by atoms with van der Waals surface area (Å²) in [6.07, 6.45) is 5.61. The first kappa shape index (κ1) is 24.0. The van der Waals surface area contributed by atoms with Crippen molar-refractivity contribution in [1.29, 1.82) is 0 Å². The number of nitrogen functional groups attached to an aromatic ring is 1. The highest BCUT2D eigenvalue weighted by molar-refractivity contribution is 5.99. The molecule has 8 nitrogen and oxygen atoms in total. The number of H-pyrrole nitrogens is 1. The van der Waals surface area contributed by atoms with Crippen LogP contribution in [0.25, 0.3) is 11.2 Å². The van der Waals surface area contributed by atoms with Crippen LogP contribution < -0.4 is 10.5 Å². The summed E-state index contributed by atoms with van der Waals surface area (Å²) < 4.78 is 10.7. The number of fused-ring (bicyclic) bond motifs is 1. The van der Waals surface area contributed by atoms with E-state index >= 15 is 0 Å². The predicted octanol–water partition coefficient (Wildman–Crippen LogP) is 4.17. The molecular weight excluding hydrogens is 430 g/mol. The number of aromatic nitrogens is 3. The molecular formula is C26H35N5O3. The van der Waals surface area contributed by atoms with E-state index in [-0.39, 0.29) is 5.91 Å². The van der Waals surface area contributed by atoms with E-state index in [0.29, 0.717) is 41.9 Å². The van der Waals surface area contributed by atoms with Crippen LogP contribution in [0.4, 0.5) is 5.69 Å². The molecule has 1 unspecified atom stereocenters. The van der Waals surface area contributed by atoms with Gasteiger partial charge in [-0.05, 0) is 54.9 Å². The molecule has 0 radical (unpaired) electrons. The number of piperidine rings is 1. The Morgan fingerprint density at radius 1 is 1.24 bits per heavy atom. The van der Waals surface area contributed by atoms with E-state index in [1.165, 1.54) is 5.56 Å².